The van der Waals surface area contributed by atoms with Crippen LogP contribution in [0.5, 0.6) is 11.5 Å². The molecule has 1 aromatic carbocycles. The first-order valence-corrected chi connectivity index (χ1v) is 10.3. The van der Waals surface area contributed by atoms with Gasteiger partial charge in [-0.3, -0.25) is 0 Å². The molecule has 29 heavy (non-hydrogen) atoms. The van der Waals surface area contributed by atoms with Crippen molar-refractivity contribution in [3.63, 3.8) is 0 Å². The number of ether oxygens (including phenoxy) is 3. The number of amides is 1. The Labute approximate surface area is 173 Å². The van der Waals surface area contributed by atoms with Gasteiger partial charge in [-0.2, -0.15) is 0 Å². The third-order valence-electron chi connectivity index (χ3n) is 4.61. The van der Waals surface area contributed by atoms with Gasteiger partial charge in [0.2, 0.25) is 0 Å². The van der Waals surface area contributed by atoms with Crippen LogP contribution in [0, 0.1) is 0 Å². The number of methoxy groups -OCH3 is 1. The minimum absolute atomic E-state index is 0.104. The van der Waals surface area contributed by atoms with Gasteiger partial charge in [-0.05, 0) is 45.7 Å². The number of carbonyl (C=O) groups is 1. The number of guanidine groups is 1. The number of hydrogen-bond acceptors (Lipinski definition) is 5. The number of rotatable bonds is 8. The number of hydrogen-bond donors (Lipinski definition) is 2. The van der Waals surface area contributed by atoms with Gasteiger partial charge in [0.05, 0.1) is 20.3 Å². The second-order valence-electron chi connectivity index (χ2n) is 6.90. The van der Waals surface area contributed by atoms with Crippen molar-refractivity contribution >= 4 is 12.1 Å². The molecule has 1 aliphatic rings. The Balaban J connectivity index is 1.85. The first-order valence-electron chi connectivity index (χ1n) is 10.3. The molecule has 1 atom stereocenters. The third kappa shape index (κ3) is 7.36. The Bertz CT molecular complexity index is 660. The maximum absolute atomic E-state index is 11.8. The zero-order valence-electron chi connectivity index (χ0n) is 17.9. The van der Waals surface area contributed by atoms with E-state index in [1.165, 1.54) is 0 Å². The lowest BCUT2D eigenvalue weighted by Gasteiger charge is -2.32. The zero-order valence-corrected chi connectivity index (χ0v) is 17.9. The minimum atomic E-state index is -0.228. The lowest BCUT2D eigenvalue weighted by molar-refractivity contribution is 0.0963. The molecule has 162 valence electrons. The van der Waals surface area contributed by atoms with Gasteiger partial charge in [0.15, 0.2) is 17.5 Å². The van der Waals surface area contributed by atoms with Crippen molar-refractivity contribution < 1.29 is 19.0 Å². The Hall–Kier alpha value is -2.64. The maximum Gasteiger partial charge on any atom is 0.409 e. The summed E-state index contributed by atoms with van der Waals surface area (Å²) in [6.45, 7) is 8.90. The van der Waals surface area contributed by atoms with Crippen molar-refractivity contribution in [2.75, 3.05) is 39.9 Å². The van der Waals surface area contributed by atoms with Gasteiger partial charge in [0.1, 0.15) is 6.10 Å². The minimum Gasteiger partial charge on any atom is -0.493 e. The van der Waals surface area contributed by atoms with Crippen molar-refractivity contribution in [1.29, 1.82) is 0 Å². The van der Waals surface area contributed by atoms with Crippen molar-refractivity contribution in [2.45, 2.75) is 45.8 Å². The first kappa shape index (κ1) is 22.6. The summed E-state index contributed by atoms with van der Waals surface area (Å²) < 4.78 is 16.4. The average Bonchev–Trinajstić information content (AvgIpc) is 2.73. The molecule has 0 saturated carbocycles. The van der Waals surface area contributed by atoms with Crippen molar-refractivity contribution in [3.05, 3.63) is 24.3 Å². The lowest BCUT2D eigenvalue weighted by Crippen LogP contribution is -2.50. The predicted molar refractivity (Wildman–Crippen MR) is 114 cm³/mol. The van der Waals surface area contributed by atoms with Gasteiger partial charge >= 0.3 is 6.09 Å². The van der Waals surface area contributed by atoms with Crippen LogP contribution in [0.2, 0.25) is 0 Å². The smallest absolute Gasteiger partial charge is 0.409 e. The van der Waals surface area contributed by atoms with Crippen molar-refractivity contribution in [2.24, 2.45) is 4.99 Å². The summed E-state index contributed by atoms with van der Waals surface area (Å²) in [6.07, 6.45) is 1.38. The highest BCUT2D eigenvalue weighted by atomic mass is 16.6. The van der Waals surface area contributed by atoms with E-state index in [1.54, 1.807) is 12.0 Å². The molecule has 1 saturated heterocycles. The number of carbonyl (C=O) groups excluding carboxylic acids is 1. The molecule has 1 fully saturated rings. The van der Waals surface area contributed by atoms with Crippen LogP contribution in [-0.2, 0) is 4.74 Å². The van der Waals surface area contributed by atoms with Gasteiger partial charge in [0, 0.05) is 25.7 Å². The van der Waals surface area contributed by atoms with Crippen LogP contribution in [0.15, 0.2) is 29.3 Å². The van der Waals surface area contributed by atoms with Gasteiger partial charge in [-0.25, -0.2) is 9.79 Å². The van der Waals surface area contributed by atoms with E-state index in [1.807, 2.05) is 45.0 Å². The van der Waals surface area contributed by atoms with Crippen LogP contribution in [0.3, 0.4) is 0 Å². The fraction of sp³-hybridized carbons (Fsp3) is 0.619. The topological polar surface area (TPSA) is 84.4 Å². The summed E-state index contributed by atoms with van der Waals surface area (Å²) in [5, 5.41) is 6.75. The first-order chi connectivity index (χ1) is 14.1. The molecular formula is C21H34N4O4. The summed E-state index contributed by atoms with van der Waals surface area (Å²) in [5.74, 6) is 2.18. The highest BCUT2D eigenvalue weighted by Gasteiger charge is 2.24. The van der Waals surface area contributed by atoms with E-state index in [2.05, 4.69) is 15.6 Å². The van der Waals surface area contributed by atoms with E-state index in [4.69, 9.17) is 14.2 Å². The molecule has 0 aliphatic carbocycles. The molecule has 2 N–H and O–H groups in total. The summed E-state index contributed by atoms with van der Waals surface area (Å²) in [7, 11) is 1.63. The van der Waals surface area contributed by atoms with Gasteiger partial charge in [-0.15, -0.1) is 0 Å². The molecular weight excluding hydrogens is 372 g/mol. The van der Waals surface area contributed by atoms with Crippen molar-refractivity contribution in [1.82, 2.24) is 15.5 Å². The quantitative estimate of drug-likeness (QED) is 0.510. The number of aliphatic imine (C=N–C) groups is 1. The Kier molecular flexibility index (Phi) is 9.40. The largest absolute Gasteiger partial charge is 0.493 e. The van der Waals surface area contributed by atoms with Gasteiger partial charge < -0.3 is 29.7 Å². The molecule has 0 spiro atoms. The molecule has 1 amide bonds. The van der Waals surface area contributed by atoms with Crippen LogP contribution in [0.4, 0.5) is 4.79 Å². The van der Waals surface area contributed by atoms with Gasteiger partial charge in [0.25, 0.3) is 0 Å². The molecule has 8 nitrogen and oxygen atoms in total. The number of para-hydroxylation sites is 2. The second-order valence-corrected chi connectivity index (χ2v) is 6.90. The molecule has 1 unspecified atom stereocenters. The summed E-state index contributed by atoms with van der Waals surface area (Å²) in [4.78, 5) is 18.3. The molecule has 0 aromatic heterocycles. The van der Waals surface area contributed by atoms with Crippen LogP contribution < -0.4 is 20.1 Å². The maximum atomic E-state index is 11.8. The van der Waals surface area contributed by atoms with Crippen LogP contribution in [-0.4, -0.2) is 69.0 Å². The number of benzene rings is 1. The van der Waals surface area contributed by atoms with Crippen LogP contribution >= 0.6 is 0 Å². The van der Waals surface area contributed by atoms with E-state index in [-0.39, 0.29) is 18.2 Å². The molecule has 2 rings (SSSR count). The zero-order chi connectivity index (χ0) is 21.1. The fourth-order valence-corrected chi connectivity index (χ4v) is 3.12. The SMILES string of the molecule is CCNC(=NCC(C)Oc1ccccc1OC)NC1CCN(C(=O)OCC)CC1. The van der Waals surface area contributed by atoms with Crippen molar-refractivity contribution in [3.8, 4) is 11.5 Å². The Morgan fingerprint density at radius 1 is 1.24 bits per heavy atom. The predicted octanol–water partition coefficient (Wildman–Crippen LogP) is 2.64. The number of nitrogens with zero attached hydrogens (tertiary/aromatic N) is 2. The van der Waals surface area contributed by atoms with Crippen LogP contribution in [0.25, 0.3) is 0 Å². The fourth-order valence-electron chi connectivity index (χ4n) is 3.12. The molecule has 1 aromatic rings. The highest BCUT2D eigenvalue weighted by Crippen LogP contribution is 2.26. The van der Waals surface area contributed by atoms with E-state index in [0.717, 1.165) is 25.3 Å². The van der Waals surface area contributed by atoms with E-state index >= 15 is 0 Å². The number of piperidine rings is 1. The summed E-state index contributed by atoms with van der Waals surface area (Å²) in [6, 6.07) is 7.86. The van der Waals surface area contributed by atoms with Crippen LogP contribution in [0.1, 0.15) is 33.6 Å². The van der Waals surface area contributed by atoms with E-state index < -0.39 is 0 Å². The standard InChI is InChI=1S/C21H34N4O4/c1-5-22-20(24-17-11-13-25(14-12-17)21(26)28-6-2)23-15-16(3)29-19-10-8-7-9-18(19)27-4/h7-10,16-17H,5-6,11-15H2,1-4H3,(H2,22,23,24). The van der Waals surface area contributed by atoms with E-state index in [9.17, 15) is 4.79 Å². The lowest BCUT2D eigenvalue weighted by atomic mass is 10.1. The molecule has 1 heterocycles. The number of likely N-dealkylation sites (tertiary alicyclic amines) is 1. The Morgan fingerprint density at radius 2 is 1.93 bits per heavy atom. The molecule has 0 bridgehead atoms. The number of nitrogens with one attached hydrogen (secondary N) is 2. The average molecular weight is 407 g/mol. The Morgan fingerprint density at radius 3 is 2.55 bits per heavy atom. The summed E-state index contributed by atoms with van der Waals surface area (Å²) >= 11 is 0. The monoisotopic (exact) mass is 406 g/mol. The van der Waals surface area contributed by atoms with Gasteiger partial charge in [-0.1, -0.05) is 12.1 Å². The second kappa shape index (κ2) is 12.0. The highest BCUT2D eigenvalue weighted by molar-refractivity contribution is 5.80. The van der Waals surface area contributed by atoms with E-state index in [0.29, 0.717) is 37.7 Å². The molecule has 1 aliphatic heterocycles. The molecule has 0 radical (unpaired) electrons. The third-order valence-corrected chi connectivity index (χ3v) is 4.61. The molecule has 8 heteroatoms. The normalized spacial score (nSPS) is 16.1. The summed E-state index contributed by atoms with van der Waals surface area (Å²) in [5.41, 5.74) is 0.